The van der Waals surface area contributed by atoms with Crippen molar-refractivity contribution in [1.82, 2.24) is 0 Å². The van der Waals surface area contributed by atoms with E-state index in [1.165, 1.54) is 80.9 Å². The molecule has 0 bridgehead atoms. The van der Waals surface area contributed by atoms with Gasteiger partial charge in [-0.05, 0) is 72.9 Å². The van der Waals surface area contributed by atoms with Gasteiger partial charge in [0.05, 0.1) is 0 Å². The molecule has 2 aromatic carbocycles. The summed E-state index contributed by atoms with van der Waals surface area (Å²) in [6.45, 7) is 10.9. The molecule has 1 unspecified atom stereocenters. The predicted octanol–water partition coefficient (Wildman–Crippen LogP) is 8.68. The van der Waals surface area contributed by atoms with Gasteiger partial charge in [-0.3, -0.25) is 0 Å². The van der Waals surface area contributed by atoms with E-state index >= 15 is 0 Å². The van der Waals surface area contributed by atoms with E-state index in [-0.39, 0.29) is 0 Å². The minimum Gasteiger partial charge on any atom is -0.0683 e. The number of benzene rings is 2. The third kappa shape index (κ3) is 3.68. The number of rotatable bonds is 7. The molecule has 0 aromatic heterocycles. The van der Waals surface area contributed by atoms with E-state index < -0.39 is 0 Å². The molecule has 0 aliphatic heterocycles. The van der Waals surface area contributed by atoms with E-state index in [9.17, 15) is 0 Å². The van der Waals surface area contributed by atoms with Crippen molar-refractivity contribution >= 4 is 0 Å². The molecule has 0 spiro atoms. The fourth-order valence-corrected chi connectivity index (χ4v) is 5.69. The van der Waals surface area contributed by atoms with Crippen LogP contribution in [0.5, 0.6) is 0 Å². The second-order valence-electron chi connectivity index (χ2n) is 8.79. The van der Waals surface area contributed by atoms with E-state index in [1.807, 2.05) is 13.8 Å². The average molecular weight is 377 g/mol. The van der Waals surface area contributed by atoms with Gasteiger partial charge < -0.3 is 0 Å². The summed E-state index contributed by atoms with van der Waals surface area (Å²) < 4.78 is 0. The zero-order valence-corrected chi connectivity index (χ0v) is 19.0. The fourth-order valence-electron chi connectivity index (χ4n) is 5.69. The van der Waals surface area contributed by atoms with Crippen LogP contribution in [-0.2, 0) is 11.8 Å². The van der Waals surface area contributed by atoms with E-state index in [1.54, 1.807) is 22.3 Å². The van der Waals surface area contributed by atoms with Crippen molar-refractivity contribution in [3.63, 3.8) is 0 Å². The quantitative estimate of drug-likeness (QED) is 0.424. The Morgan fingerprint density at radius 3 is 2.36 bits per heavy atom. The molecule has 0 nitrogen and oxygen atoms in total. The average Bonchev–Trinajstić information content (AvgIpc) is 2.99. The molecule has 0 amide bonds. The van der Waals surface area contributed by atoms with Crippen LogP contribution in [0.15, 0.2) is 30.3 Å². The van der Waals surface area contributed by atoms with Crippen molar-refractivity contribution in [3.05, 3.63) is 58.1 Å². The number of hydrogen-bond donors (Lipinski definition) is 0. The third-order valence-corrected chi connectivity index (χ3v) is 6.99. The second-order valence-corrected chi connectivity index (χ2v) is 8.79. The molecule has 1 atom stereocenters. The van der Waals surface area contributed by atoms with Gasteiger partial charge in [0.15, 0.2) is 0 Å². The van der Waals surface area contributed by atoms with Gasteiger partial charge in [-0.15, -0.1) is 0 Å². The minimum absolute atomic E-state index is 0.307. The van der Waals surface area contributed by atoms with Gasteiger partial charge in [-0.1, -0.05) is 95.2 Å². The van der Waals surface area contributed by atoms with Gasteiger partial charge in [0.1, 0.15) is 0 Å². The Hall–Kier alpha value is -1.56. The Morgan fingerprint density at radius 1 is 0.857 bits per heavy atom. The predicted molar refractivity (Wildman–Crippen MR) is 124 cm³/mol. The molecule has 0 saturated heterocycles. The second kappa shape index (κ2) is 9.29. The van der Waals surface area contributed by atoms with E-state index in [2.05, 4.69) is 51.1 Å². The van der Waals surface area contributed by atoms with Crippen LogP contribution in [0.3, 0.4) is 0 Å². The topological polar surface area (TPSA) is 0 Å². The Morgan fingerprint density at radius 2 is 1.57 bits per heavy atom. The van der Waals surface area contributed by atoms with Gasteiger partial charge in [-0.2, -0.15) is 0 Å². The summed E-state index contributed by atoms with van der Waals surface area (Å²) >= 11 is 0. The lowest BCUT2D eigenvalue weighted by Gasteiger charge is -2.38. The lowest BCUT2D eigenvalue weighted by Crippen LogP contribution is -2.30. The van der Waals surface area contributed by atoms with Crippen LogP contribution in [0.1, 0.15) is 106 Å². The van der Waals surface area contributed by atoms with Crippen molar-refractivity contribution in [2.24, 2.45) is 0 Å². The molecule has 4 rings (SSSR count). The van der Waals surface area contributed by atoms with Gasteiger partial charge >= 0.3 is 0 Å². The third-order valence-electron chi connectivity index (χ3n) is 6.99. The van der Waals surface area contributed by atoms with Crippen LogP contribution < -0.4 is 0 Å². The van der Waals surface area contributed by atoms with Gasteiger partial charge in [0, 0.05) is 5.41 Å². The molecule has 0 N–H and O–H groups in total. The molecule has 0 radical (unpaired) electrons. The van der Waals surface area contributed by atoms with Gasteiger partial charge in [-0.25, -0.2) is 0 Å². The zero-order valence-electron chi connectivity index (χ0n) is 19.0. The number of hydrogen-bond acceptors (Lipinski definition) is 0. The van der Waals surface area contributed by atoms with Crippen LogP contribution >= 0.6 is 0 Å². The van der Waals surface area contributed by atoms with Crippen molar-refractivity contribution in [3.8, 4) is 11.1 Å². The summed E-state index contributed by atoms with van der Waals surface area (Å²) in [7, 11) is 0. The summed E-state index contributed by atoms with van der Waals surface area (Å²) in [5.41, 5.74) is 11.4. The largest absolute Gasteiger partial charge is 0.0683 e. The van der Waals surface area contributed by atoms with Crippen molar-refractivity contribution in [2.75, 3.05) is 0 Å². The first-order valence-corrected chi connectivity index (χ1v) is 11.9. The number of unbranched alkanes of at least 4 members (excludes halogenated alkanes) is 5. The molecule has 0 fully saturated rings. The first-order valence-electron chi connectivity index (χ1n) is 11.9. The van der Waals surface area contributed by atoms with Crippen molar-refractivity contribution in [2.45, 2.75) is 104 Å². The monoisotopic (exact) mass is 376 g/mol. The summed E-state index contributed by atoms with van der Waals surface area (Å²) in [4.78, 5) is 0. The lowest BCUT2D eigenvalue weighted by molar-refractivity contribution is 0.387. The summed E-state index contributed by atoms with van der Waals surface area (Å²) in [5, 5.41) is 0. The SMILES string of the molecule is CC.CCCCCCCCC12CCCc3c(C)ccc(c31)-c1ccc(C)cc12. The zero-order chi connectivity index (χ0) is 20.1. The summed E-state index contributed by atoms with van der Waals surface area (Å²) in [6.07, 6.45) is 13.7. The molecule has 0 saturated carbocycles. The van der Waals surface area contributed by atoms with Crippen LogP contribution in [-0.4, -0.2) is 0 Å². The number of aryl methyl sites for hydroxylation is 2. The fraction of sp³-hybridized carbons (Fsp3) is 0.571. The maximum atomic E-state index is 2.51. The standard InChI is InChI=1S/C26H34.C2H6/c1-4-5-6-7-8-9-16-26-17-10-11-21-20(3)13-15-23(25(21)26)22-14-12-19(2)18-24(22)26;1-2/h12-15,18H,4-11,16-17H2,1-3H3;1-2H3. The van der Waals surface area contributed by atoms with Gasteiger partial charge in [0.25, 0.3) is 0 Å². The highest BCUT2D eigenvalue weighted by Gasteiger charge is 2.45. The number of fused-ring (bicyclic) bond motifs is 3. The highest BCUT2D eigenvalue weighted by atomic mass is 14.5. The molecule has 152 valence electrons. The molecule has 2 aliphatic carbocycles. The molecule has 2 aromatic rings. The van der Waals surface area contributed by atoms with Gasteiger partial charge in [0.2, 0.25) is 0 Å². The maximum Gasteiger partial charge on any atom is 0.0218 e. The Kier molecular flexibility index (Phi) is 7.02. The summed E-state index contributed by atoms with van der Waals surface area (Å²) in [5.74, 6) is 0. The van der Waals surface area contributed by atoms with Crippen LogP contribution in [0.2, 0.25) is 0 Å². The van der Waals surface area contributed by atoms with Crippen LogP contribution in [0.25, 0.3) is 11.1 Å². The molecule has 0 heteroatoms. The molecule has 28 heavy (non-hydrogen) atoms. The Bertz CT molecular complexity index is 798. The van der Waals surface area contributed by atoms with E-state index in [0.717, 1.165) is 0 Å². The smallest absolute Gasteiger partial charge is 0.0218 e. The molecular formula is C28H40. The van der Waals surface area contributed by atoms with E-state index in [0.29, 0.717) is 5.41 Å². The first-order chi connectivity index (χ1) is 13.7. The minimum atomic E-state index is 0.307. The maximum absolute atomic E-state index is 2.51. The first kappa shape index (κ1) is 21.2. The molecule has 2 aliphatic rings. The van der Waals surface area contributed by atoms with Crippen LogP contribution in [0.4, 0.5) is 0 Å². The van der Waals surface area contributed by atoms with Crippen LogP contribution in [0, 0.1) is 13.8 Å². The lowest BCUT2D eigenvalue weighted by atomic mass is 9.65. The van der Waals surface area contributed by atoms with Crippen molar-refractivity contribution < 1.29 is 0 Å². The van der Waals surface area contributed by atoms with Crippen molar-refractivity contribution in [1.29, 1.82) is 0 Å². The Balaban J connectivity index is 0.00000109. The Labute approximate surface area is 173 Å². The normalized spacial score (nSPS) is 18.9. The summed E-state index contributed by atoms with van der Waals surface area (Å²) in [6, 6.07) is 12.0. The highest BCUT2D eigenvalue weighted by Crippen LogP contribution is 2.57. The molecule has 0 heterocycles. The van der Waals surface area contributed by atoms with E-state index in [4.69, 9.17) is 0 Å². The highest BCUT2D eigenvalue weighted by molar-refractivity contribution is 5.83. The molecular weight excluding hydrogens is 336 g/mol.